The molecule has 1 unspecified atom stereocenters. The van der Waals surface area contributed by atoms with Gasteiger partial charge in [0.05, 0.1) is 5.69 Å². The molecule has 1 aromatic carbocycles. The van der Waals surface area contributed by atoms with Crippen molar-refractivity contribution in [2.75, 3.05) is 18.4 Å². The number of likely N-dealkylation sites (tertiary alicyclic amines) is 1. The number of nitrogens with one attached hydrogen (secondary N) is 2. The zero-order chi connectivity index (χ0) is 23.3. The summed E-state index contributed by atoms with van der Waals surface area (Å²) in [7, 11) is 1.74. The first-order valence-corrected chi connectivity index (χ1v) is 11.6. The molecule has 2 aliphatic heterocycles. The maximum absolute atomic E-state index is 12.8. The number of aryl methyl sites for hydroxylation is 1. The molecule has 33 heavy (non-hydrogen) atoms. The smallest absolute Gasteiger partial charge is 0.274 e. The van der Waals surface area contributed by atoms with E-state index in [0.717, 1.165) is 53.7 Å². The van der Waals surface area contributed by atoms with Crippen molar-refractivity contribution in [1.82, 2.24) is 14.5 Å². The van der Waals surface area contributed by atoms with Crippen LogP contribution in [0.1, 0.15) is 38.7 Å². The molecule has 1 saturated heterocycles. The molecule has 2 aromatic heterocycles. The van der Waals surface area contributed by atoms with Crippen molar-refractivity contribution < 1.29 is 9.53 Å². The second-order valence-corrected chi connectivity index (χ2v) is 9.39. The number of carbonyl (C=O) groups is 1. The zero-order valence-corrected chi connectivity index (χ0v) is 19.4. The van der Waals surface area contributed by atoms with Crippen LogP contribution in [0.2, 0.25) is 0 Å². The monoisotopic (exact) mass is 446 g/mol. The average molecular weight is 447 g/mol. The van der Waals surface area contributed by atoms with Crippen molar-refractivity contribution in [1.29, 1.82) is 0 Å². The molecule has 0 bridgehead atoms. The van der Waals surface area contributed by atoms with E-state index in [-0.39, 0.29) is 17.4 Å². The van der Waals surface area contributed by atoms with Gasteiger partial charge in [-0.25, -0.2) is 0 Å². The summed E-state index contributed by atoms with van der Waals surface area (Å²) in [6.07, 6.45) is 6.57. The normalized spacial score (nSPS) is 18.2. The van der Waals surface area contributed by atoms with Gasteiger partial charge < -0.3 is 24.5 Å². The molecular weight excluding hydrogens is 416 g/mol. The van der Waals surface area contributed by atoms with Crippen molar-refractivity contribution >= 4 is 28.2 Å². The Labute approximate surface area is 193 Å². The van der Waals surface area contributed by atoms with Gasteiger partial charge in [-0.3, -0.25) is 9.59 Å². The lowest BCUT2D eigenvalue weighted by atomic mass is 9.95. The van der Waals surface area contributed by atoms with Gasteiger partial charge in [-0.05, 0) is 43.4 Å². The van der Waals surface area contributed by atoms with Gasteiger partial charge in [0.2, 0.25) is 0 Å². The van der Waals surface area contributed by atoms with Crippen molar-refractivity contribution in [3.63, 3.8) is 0 Å². The Morgan fingerprint density at radius 2 is 1.91 bits per heavy atom. The van der Waals surface area contributed by atoms with Crippen LogP contribution in [0.3, 0.4) is 0 Å². The van der Waals surface area contributed by atoms with Crippen LogP contribution in [0.15, 0.2) is 42.0 Å². The number of hydrogen-bond acceptors (Lipinski definition) is 4. The highest BCUT2D eigenvalue weighted by Crippen LogP contribution is 2.44. The highest BCUT2D eigenvalue weighted by molar-refractivity contribution is 6.03. The first-order valence-electron chi connectivity index (χ1n) is 11.6. The van der Waals surface area contributed by atoms with Crippen LogP contribution in [0, 0.1) is 5.92 Å². The molecule has 1 atom stereocenters. The summed E-state index contributed by atoms with van der Waals surface area (Å²) in [6, 6.07) is 5.95. The van der Waals surface area contributed by atoms with Crippen LogP contribution in [-0.2, 0) is 11.8 Å². The maximum Gasteiger partial charge on any atom is 0.274 e. The lowest BCUT2D eigenvalue weighted by Crippen LogP contribution is -2.40. The van der Waals surface area contributed by atoms with Gasteiger partial charge in [0.1, 0.15) is 5.52 Å². The molecule has 7 heteroatoms. The number of fused-ring (bicyclic) bond motifs is 2. The molecule has 3 aromatic rings. The number of rotatable bonds is 4. The Morgan fingerprint density at radius 3 is 2.64 bits per heavy atom. The number of carbonyl (C=O) groups excluding carboxylic acids is 1. The van der Waals surface area contributed by atoms with Crippen LogP contribution in [0.4, 0.5) is 5.69 Å². The van der Waals surface area contributed by atoms with Gasteiger partial charge in [-0.1, -0.05) is 20.4 Å². The van der Waals surface area contributed by atoms with E-state index in [1.165, 1.54) is 6.42 Å². The Balaban J connectivity index is 1.72. The van der Waals surface area contributed by atoms with Gasteiger partial charge in [0.15, 0.2) is 11.9 Å². The fourth-order valence-electron chi connectivity index (χ4n) is 4.87. The summed E-state index contributed by atoms with van der Waals surface area (Å²) in [4.78, 5) is 30.8. The number of aromatic amines is 1. The number of nitrogens with zero attached hydrogens (tertiary/aromatic N) is 2. The van der Waals surface area contributed by atoms with Crippen molar-refractivity contribution in [2.24, 2.45) is 13.0 Å². The van der Waals surface area contributed by atoms with Gasteiger partial charge in [0.25, 0.3) is 11.5 Å². The van der Waals surface area contributed by atoms with Gasteiger partial charge >= 0.3 is 0 Å². The number of hydrogen-bond donors (Lipinski definition) is 2. The van der Waals surface area contributed by atoms with E-state index < -0.39 is 6.10 Å². The fraction of sp³-hybridized carbons (Fsp3) is 0.385. The lowest BCUT2D eigenvalue weighted by Gasteiger charge is -2.33. The van der Waals surface area contributed by atoms with E-state index in [1.807, 2.05) is 32.2 Å². The molecule has 0 saturated carbocycles. The van der Waals surface area contributed by atoms with Crippen LogP contribution >= 0.6 is 0 Å². The van der Waals surface area contributed by atoms with Crippen LogP contribution in [-0.4, -0.2) is 39.6 Å². The number of aromatic nitrogens is 2. The third kappa shape index (κ3) is 3.61. The van der Waals surface area contributed by atoms with Crippen LogP contribution < -0.4 is 15.6 Å². The number of benzene rings is 1. The Hall–Kier alpha value is -3.48. The number of piperidine rings is 1. The minimum absolute atomic E-state index is 0.0152. The molecule has 0 spiro atoms. The molecular formula is C26H30N4O3. The summed E-state index contributed by atoms with van der Waals surface area (Å²) in [6.45, 7) is 10.3. The van der Waals surface area contributed by atoms with Crippen LogP contribution in [0.5, 0.6) is 5.75 Å². The van der Waals surface area contributed by atoms with E-state index in [9.17, 15) is 9.59 Å². The Kier molecular flexibility index (Phi) is 5.27. The van der Waals surface area contributed by atoms with E-state index in [1.54, 1.807) is 17.8 Å². The minimum Gasteiger partial charge on any atom is -0.477 e. The number of ether oxygens (including phenoxy) is 1. The highest BCUT2D eigenvalue weighted by Gasteiger charge is 2.33. The molecule has 1 fully saturated rings. The summed E-state index contributed by atoms with van der Waals surface area (Å²) >= 11 is 0. The molecule has 4 heterocycles. The molecule has 1 amide bonds. The Morgan fingerprint density at radius 1 is 1.15 bits per heavy atom. The number of anilines is 1. The first-order chi connectivity index (χ1) is 15.8. The quantitative estimate of drug-likeness (QED) is 0.625. The SMILES string of the molecule is C=C(c1cc2c(c(-c3cn(C)c(=O)c4[nH]ccc34)c1)OC(C(C)C)C(=O)N2)N1CCCCC1. The largest absolute Gasteiger partial charge is 0.477 e. The number of pyridine rings is 1. The fourth-order valence-corrected chi connectivity index (χ4v) is 4.87. The van der Waals surface area contributed by atoms with E-state index >= 15 is 0 Å². The van der Waals surface area contributed by atoms with Crippen molar-refractivity contribution in [2.45, 2.75) is 39.2 Å². The molecule has 5 rings (SSSR count). The Bertz CT molecular complexity index is 1310. The molecule has 2 aliphatic rings. The second-order valence-electron chi connectivity index (χ2n) is 9.39. The van der Waals surface area contributed by atoms with Crippen LogP contribution in [0.25, 0.3) is 27.7 Å². The second kappa shape index (κ2) is 8.14. The predicted octanol–water partition coefficient (Wildman–Crippen LogP) is 4.35. The molecule has 172 valence electrons. The zero-order valence-electron chi connectivity index (χ0n) is 19.4. The molecule has 0 aliphatic carbocycles. The van der Waals surface area contributed by atoms with Crippen molar-refractivity contribution in [3.05, 3.63) is 53.1 Å². The third-order valence-corrected chi connectivity index (χ3v) is 6.71. The number of H-pyrrole nitrogens is 1. The topological polar surface area (TPSA) is 79.4 Å². The van der Waals surface area contributed by atoms with Gasteiger partial charge in [-0.15, -0.1) is 0 Å². The predicted molar refractivity (Wildman–Crippen MR) is 131 cm³/mol. The first kappa shape index (κ1) is 21.4. The minimum atomic E-state index is -0.582. The standard InChI is InChI=1S/C26H30N4O3/c1-15(2)23-25(31)28-21-13-17(16(3)30-10-6-5-7-11-30)12-19(24(21)33-23)20-14-29(4)26(32)22-18(20)8-9-27-22/h8-9,12-15,23,27H,3,5-7,10-11H2,1-2,4H3,(H,28,31). The van der Waals surface area contributed by atoms with E-state index in [4.69, 9.17) is 4.74 Å². The summed E-state index contributed by atoms with van der Waals surface area (Å²) in [5, 5.41) is 3.89. The lowest BCUT2D eigenvalue weighted by molar-refractivity contribution is -0.125. The average Bonchev–Trinajstić information content (AvgIpc) is 3.30. The van der Waals surface area contributed by atoms with E-state index in [2.05, 4.69) is 27.8 Å². The molecule has 0 radical (unpaired) electrons. The highest BCUT2D eigenvalue weighted by atomic mass is 16.5. The van der Waals surface area contributed by atoms with E-state index in [0.29, 0.717) is 17.0 Å². The van der Waals surface area contributed by atoms with Gasteiger partial charge in [-0.2, -0.15) is 0 Å². The number of amides is 1. The third-order valence-electron chi connectivity index (χ3n) is 6.71. The maximum atomic E-state index is 12.8. The van der Waals surface area contributed by atoms with Gasteiger partial charge in [0, 0.05) is 60.3 Å². The van der Waals surface area contributed by atoms with Crippen molar-refractivity contribution in [3.8, 4) is 16.9 Å². The summed E-state index contributed by atoms with van der Waals surface area (Å²) in [5.41, 5.74) is 4.69. The summed E-state index contributed by atoms with van der Waals surface area (Å²) < 4.78 is 7.89. The summed E-state index contributed by atoms with van der Waals surface area (Å²) in [5.74, 6) is 0.502. The molecule has 7 nitrogen and oxygen atoms in total. The molecule has 2 N–H and O–H groups in total.